The van der Waals surface area contributed by atoms with Gasteiger partial charge in [0.15, 0.2) is 17.3 Å². The van der Waals surface area contributed by atoms with Crippen LogP contribution in [0, 0.1) is 17.2 Å². The van der Waals surface area contributed by atoms with E-state index >= 15 is 0 Å². The molecule has 194 valence electrons. The van der Waals surface area contributed by atoms with Gasteiger partial charge in [-0.15, -0.1) is 0 Å². The summed E-state index contributed by atoms with van der Waals surface area (Å²) in [5, 5.41) is 14.4. The van der Waals surface area contributed by atoms with Crippen molar-refractivity contribution in [1.82, 2.24) is 5.32 Å². The van der Waals surface area contributed by atoms with Crippen LogP contribution in [-0.4, -0.2) is 18.4 Å². The molecule has 1 aliphatic carbocycles. The quantitative estimate of drug-likeness (QED) is 0.292. The van der Waals surface area contributed by atoms with Crippen LogP contribution in [0.3, 0.4) is 0 Å². The second kappa shape index (κ2) is 12.3. The Kier molecular flexibility index (Phi) is 9.15. The molecule has 0 radical (unpaired) electrons. The number of ketones is 1. The number of ether oxygens (including phenoxy) is 2. The Morgan fingerprint density at radius 1 is 1.16 bits per heavy atom. The highest BCUT2D eigenvalue weighted by atomic mass is 79.9. The SMILES string of the molecule is CCCC1=CC2=C(C(=O)C1)C(c1cc(Br)c(OCc3cccc(CBr)c3)c(OCC)c1)C(C#N)C(C)N2. The summed E-state index contributed by atoms with van der Waals surface area (Å²) >= 11 is 7.21. The number of Topliss-reactive ketones (excluding diaryl/α,β-unsaturated/α-hetero) is 1. The summed E-state index contributed by atoms with van der Waals surface area (Å²) in [6, 6.07) is 14.5. The van der Waals surface area contributed by atoms with E-state index in [4.69, 9.17) is 9.47 Å². The van der Waals surface area contributed by atoms with Crippen molar-refractivity contribution in [2.24, 2.45) is 5.92 Å². The third-order valence-corrected chi connectivity index (χ3v) is 8.10. The first-order valence-corrected chi connectivity index (χ1v) is 14.7. The van der Waals surface area contributed by atoms with Gasteiger partial charge >= 0.3 is 0 Å². The first-order valence-electron chi connectivity index (χ1n) is 12.8. The van der Waals surface area contributed by atoms with Crippen molar-refractivity contribution < 1.29 is 14.3 Å². The number of alkyl halides is 1. The summed E-state index contributed by atoms with van der Waals surface area (Å²) in [6.07, 6.45) is 4.42. The predicted molar refractivity (Wildman–Crippen MR) is 153 cm³/mol. The summed E-state index contributed by atoms with van der Waals surface area (Å²) in [6.45, 7) is 6.91. The van der Waals surface area contributed by atoms with Crippen molar-refractivity contribution in [1.29, 1.82) is 5.26 Å². The molecule has 2 aromatic carbocycles. The molecule has 0 saturated carbocycles. The minimum atomic E-state index is -0.399. The Morgan fingerprint density at radius 2 is 1.95 bits per heavy atom. The van der Waals surface area contributed by atoms with Crippen LogP contribution in [0.1, 0.15) is 62.6 Å². The van der Waals surface area contributed by atoms with Gasteiger partial charge in [0, 0.05) is 35.0 Å². The third kappa shape index (κ3) is 5.97. The number of carbonyl (C=O) groups is 1. The lowest BCUT2D eigenvalue weighted by molar-refractivity contribution is -0.115. The molecule has 0 fully saturated rings. The maximum atomic E-state index is 13.4. The number of nitrogens with zero attached hydrogens (tertiary/aromatic N) is 1. The minimum Gasteiger partial charge on any atom is -0.490 e. The highest BCUT2D eigenvalue weighted by molar-refractivity contribution is 9.10. The van der Waals surface area contributed by atoms with Gasteiger partial charge in [-0.1, -0.05) is 59.1 Å². The average Bonchev–Trinajstić information content (AvgIpc) is 2.87. The molecular weight excluding hydrogens is 596 g/mol. The van der Waals surface area contributed by atoms with E-state index in [9.17, 15) is 10.1 Å². The Hall–Kier alpha value is -2.56. The summed E-state index contributed by atoms with van der Waals surface area (Å²) in [4.78, 5) is 13.4. The highest BCUT2D eigenvalue weighted by Gasteiger charge is 2.41. The predicted octanol–water partition coefficient (Wildman–Crippen LogP) is 7.49. The van der Waals surface area contributed by atoms with Gasteiger partial charge in [-0.05, 0) is 71.1 Å². The fourth-order valence-electron chi connectivity index (χ4n) is 5.22. The molecule has 0 aromatic heterocycles. The zero-order chi connectivity index (χ0) is 26.5. The molecule has 1 aliphatic heterocycles. The molecule has 0 bridgehead atoms. The van der Waals surface area contributed by atoms with Crippen LogP contribution in [0.15, 0.2) is 63.8 Å². The number of nitriles is 1. The van der Waals surface area contributed by atoms with Crippen LogP contribution in [0.5, 0.6) is 11.5 Å². The molecule has 1 heterocycles. The van der Waals surface area contributed by atoms with Crippen LogP contribution < -0.4 is 14.8 Å². The zero-order valence-corrected chi connectivity index (χ0v) is 24.6. The molecule has 2 aromatic rings. The van der Waals surface area contributed by atoms with E-state index in [2.05, 4.69) is 68.4 Å². The largest absolute Gasteiger partial charge is 0.490 e. The first-order chi connectivity index (χ1) is 17.9. The number of allylic oxidation sites excluding steroid dienone is 3. The van der Waals surface area contributed by atoms with Crippen molar-refractivity contribution in [3.63, 3.8) is 0 Å². The fraction of sp³-hybridized carbons (Fsp3) is 0.400. The molecule has 37 heavy (non-hydrogen) atoms. The summed E-state index contributed by atoms with van der Waals surface area (Å²) in [5.74, 6) is 0.539. The van der Waals surface area contributed by atoms with Gasteiger partial charge in [0.2, 0.25) is 0 Å². The number of nitrogens with one attached hydrogen (secondary N) is 1. The molecule has 1 N–H and O–H groups in total. The molecule has 7 heteroatoms. The van der Waals surface area contributed by atoms with Crippen LogP contribution in [-0.2, 0) is 16.7 Å². The molecule has 2 aliphatic rings. The van der Waals surface area contributed by atoms with Crippen LogP contribution in [0.4, 0.5) is 0 Å². The van der Waals surface area contributed by atoms with Crippen molar-refractivity contribution in [2.75, 3.05) is 6.61 Å². The third-order valence-electron chi connectivity index (χ3n) is 6.86. The van der Waals surface area contributed by atoms with Gasteiger partial charge in [0.1, 0.15) is 6.61 Å². The molecule has 0 amide bonds. The van der Waals surface area contributed by atoms with E-state index < -0.39 is 5.92 Å². The fourth-order valence-corrected chi connectivity index (χ4v) is 6.14. The zero-order valence-electron chi connectivity index (χ0n) is 21.4. The average molecular weight is 628 g/mol. The minimum absolute atomic E-state index is 0.0895. The Balaban J connectivity index is 1.74. The van der Waals surface area contributed by atoms with Crippen molar-refractivity contribution in [2.45, 2.75) is 63.9 Å². The number of rotatable bonds is 9. The van der Waals surface area contributed by atoms with Gasteiger partial charge in [-0.2, -0.15) is 5.26 Å². The molecule has 3 unspecified atom stereocenters. The number of halogens is 2. The van der Waals surface area contributed by atoms with Gasteiger partial charge < -0.3 is 14.8 Å². The molecule has 3 atom stereocenters. The summed E-state index contributed by atoms with van der Waals surface area (Å²) < 4.78 is 13.0. The second-order valence-electron chi connectivity index (χ2n) is 9.55. The van der Waals surface area contributed by atoms with E-state index in [1.165, 1.54) is 5.56 Å². The monoisotopic (exact) mass is 626 g/mol. The highest BCUT2D eigenvalue weighted by Crippen LogP contribution is 2.47. The lowest BCUT2D eigenvalue weighted by atomic mass is 9.70. The molecule has 4 rings (SSSR count). The van der Waals surface area contributed by atoms with E-state index in [0.29, 0.717) is 36.7 Å². The number of hydrogen-bond donors (Lipinski definition) is 1. The van der Waals surface area contributed by atoms with E-state index in [1.54, 1.807) is 0 Å². The van der Waals surface area contributed by atoms with Gasteiger partial charge in [0.05, 0.1) is 23.1 Å². The smallest absolute Gasteiger partial charge is 0.175 e. The summed E-state index contributed by atoms with van der Waals surface area (Å²) in [7, 11) is 0. The maximum absolute atomic E-state index is 13.4. The van der Waals surface area contributed by atoms with Crippen molar-refractivity contribution >= 4 is 37.6 Å². The number of benzene rings is 2. The molecule has 0 saturated heterocycles. The van der Waals surface area contributed by atoms with E-state index in [-0.39, 0.29) is 17.7 Å². The summed E-state index contributed by atoms with van der Waals surface area (Å²) in [5.41, 5.74) is 5.80. The lowest BCUT2D eigenvalue weighted by Crippen LogP contribution is -2.44. The Bertz CT molecular complexity index is 1280. The molecular formula is C30H32Br2N2O3. The number of hydrogen-bond acceptors (Lipinski definition) is 5. The Morgan fingerprint density at radius 3 is 2.65 bits per heavy atom. The second-order valence-corrected chi connectivity index (χ2v) is 11.0. The maximum Gasteiger partial charge on any atom is 0.175 e. The van der Waals surface area contributed by atoms with E-state index in [1.807, 2.05) is 38.1 Å². The van der Waals surface area contributed by atoms with E-state index in [0.717, 1.165) is 45.0 Å². The van der Waals surface area contributed by atoms with Crippen LogP contribution in [0.2, 0.25) is 0 Å². The topological polar surface area (TPSA) is 71.3 Å². The van der Waals surface area contributed by atoms with Crippen LogP contribution in [0.25, 0.3) is 0 Å². The Labute approximate surface area is 236 Å². The number of carbonyl (C=O) groups excluding carboxylic acids is 1. The van der Waals surface area contributed by atoms with Crippen LogP contribution >= 0.6 is 31.9 Å². The first kappa shape index (κ1) is 27.5. The van der Waals surface area contributed by atoms with Gasteiger partial charge in [0.25, 0.3) is 0 Å². The standard InChI is InChI=1S/C30H32Br2N2O3/c1-4-7-19-11-25-29(26(35)12-19)28(23(16-33)18(3)34-25)22-13-24(32)30(27(14-22)36-5-2)37-17-21-9-6-8-20(10-21)15-31/h6,8-11,13-14,18,23,28,34H,4-5,7,12,15,17H2,1-3H3. The lowest BCUT2D eigenvalue weighted by Gasteiger charge is -2.38. The van der Waals surface area contributed by atoms with Crippen molar-refractivity contribution in [3.8, 4) is 17.6 Å². The molecule has 0 spiro atoms. The molecule has 5 nitrogen and oxygen atoms in total. The van der Waals surface area contributed by atoms with Gasteiger partial charge in [-0.25, -0.2) is 0 Å². The normalized spacial score (nSPS) is 21.0. The van der Waals surface area contributed by atoms with Crippen molar-refractivity contribution in [3.05, 3.63) is 80.5 Å². The van der Waals surface area contributed by atoms with Gasteiger partial charge in [-0.3, -0.25) is 4.79 Å².